The van der Waals surface area contributed by atoms with Crippen molar-refractivity contribution in [2.75, 3.05) is 5.32 Å². The molecule has 0 atom stereocenters. The number of nitriles is 1. The Balaban J connectivity index is 1.84. The summed E-state index contributed by atoms with van der Waals surface area (Å²) in [6.07, 6.45) is 1.43. The van der Waals surface area contributed by atoms with Crippen LogP contribution in [0.15, 0.2) is 24.3 Å². The maximum Gasteiger partial charge on any atom is 0.256 e. The fourth-order valence-corrected chi connectivity index (χ4v) is 4.07. The Kier molecular flexibility index (Phi) is 4.50. The topological polar surface area (TPSA) is 70.0 Å². The van der Waals surface area contributed by atoms with Gasteiger partial charge >= 0.3 is 0 Å². The first kappa shape index (κ1) is 16.4. The molecule has 1 aliphatic carbocycles. The molecule has 3 rings (SSSR count). The van der Waals surface area contributed by atoms with E-state index >= 15 is 0 Å². The molecule has 0 radical (unpaired) electrons. The largest absolute Gasteiger partial charge is 0.312 e. The highest BCUT2D eigenvalue weighted by atomic mass is 32.1. The van der Waals surface area contributed by atoms with Crippen molar-refractivity contribution in [3.05, 3.63) is 51.4 Å². The molecule has 5 heteroatoms. The van der Waals surface area contributed by atoms with Gasteiger partial charge in [0, 0.05) is 23.3 Å². The number of rotatable bonds is 3. The number of Topliss-reactive ketones (excluding diaryl/α,β-unsaturated/α-hetero) is 1. The summed E-state index contributed by atoms with van der Waals surface area (Å²) in [5, 5.41) is 12.8. The number of nitrogens with zero attached hydrogens (tertiary/aromatic N) is 1. The second kappa shape index (κ2) is 6.58. The Hall–Kier alpha value is -2.45. The van der Waals surface area contributed by atoms with Crippen LogP contribution in [0.1, 0.15) is 58.1 Å². The molecular formula is C19H18N2O2S. The highest BCUT2D eigenvalue weighted by Gasteiger charge is 2.25. The van der Waals surface area contributed by atoms with Crippen molar-refractivity contribution in [3.63, 3.8) is 0 Å². The van der Waals surface area contributed by atoms with Crippen LogP contribution in [-0.2, 0) is 17.6 Å². The van der Waals surface area contributed by atoms with Crippen LogP contribution in [-0.4, -0.2) is 11.7 Å². The summed E-state index contributed by atoms with van der Waals surface area (Å²) in [6.45, 7) is 4.21. The molecule has 2 aromatic rings. The van der Waals surface area contributed by atoms with E-state index in [0.717, 1.165) is 10.4 Å². The molecule has 0 unspecified atom stereocenters. The Morgan fingerprint density at radius 3 is 2.58 bits per heavy atom. The van der Waals surface area contributed by atoms with Crippen LogP contribution in [0.4, 0.5) is 5.00 Å². The van der Waals surface area contributed by atoms with E-state index in [1.807, 2.05) is 12.1 Å². The standard InChI is InChI=1S/C19H18N2O2S/c1-11(2)12-3-5-13(6-4-12)18(23)21-19-16(10-20)15-8-7-14(22)9-17(15)24-19/h3-6,11H,7-9H2,1-2H3,(H,21,23). The minimum Gasteiger partial charge on any atom is -0.312 e. The van der Waals surface area contributed by atoms with E-state index in [0.29, 0.717) is 41.3 Å². The first-order valence-corrected chi connectivity index (χ1v) is 8.79. The number of thiophene rings is 1. The third kappa shape index (κ3) is 3.10. The van der Waals surface area contributed by atoms with Crippen molar-refractivity contribution < 1.29 is 9.59 Å². The van der Waals surface area contributed by atoms with Crippen molar-refractivity contribution in [2.24, 2.45) is 0 Å². The lowest BCUT2D eigenvalue weighted by Gasteiger charge is -2.09. The Bertz CT molecular complexity index is 841. The molecule has 1 heterocycles. The number of amides is 1. The molecule has 4 nitrogen and oxygen atoms in total. The maximum atomic E-state index is 12.5. The predicted molar refractivity (Wildman–Crippen MR) is 94.6 cm³/mol. The molecular weight excluding hydrogens is 320 g/mol. The van der Waals surface area contributed by atoms with E-state index < -0.39 is 0 Å². The molecule has 122 valence electrons. The summed E-state index contributed by atoms with van der Waals surface area (Å²) in [5.41, 5.74) is 3.17. The lowest BCUT2D eigenvalue weighted by atomic mass is 9.95. The number of hydrogen-bond acceptors (Lipinski definition) is 4. The second-order valence-corrected chi connectivity index (χ2v) is 7.37. The molecule has 0 saturated heterocycles. The molecule has 1 N–H and O–H groups in total. The quantitative estimate of drug-likeness (QED) is 0.917. The van der Waals surface area contributed by atoms with Crippen molar-refractivity contribution >= 4 is 28.0 Å². The minimum atomic E-state index is -0.230. The van der Waals surface area contributed by atoms with Crippen LogP contribution < -0.4 is 5.32 Å². The van der Waals surface area contributed by atoms with E-state index in [-0.39, 0.29) is 11.7 Å². The van der Waals surface area contributed by atoms with Gasteiger partial charge in [0.15, 0.2) is 0 Å². The molecule has 1 aromatic heterocycles. The number of carbonyl (C=O) groups excluding carboxylic acids is 2. The Labute approximate surface area is 145 Å². The summed E-state index contributed by atoms with van der Waals surface area (Å²) in [5.74, 6) is 0.371. The predicted octanol–water partition coefficient (Wildman–Crippen LogP) is 4.05. The van der Waals surface area contributed by atoms with Gasteiger partial charge in [0.1, 0.15) is 16.9 Å². The number of nitrogens with one attached hydrogen (secondary N) is 1. The van der Waals surface area contributed by atoms with Crippen LogP contribution in [0.5, 0.6) is 0 Å². The van der Waals surface area contributed by atoms with Gasteiger partial charge < -0.3 is 5.32 Å². The Morgan fingerprint density at radius 1 is 1.25 bits per heavy atom. The number of ketones is 1. The van der Waals surface area contributed by atoms with Crippen molar-refractivity contribution in [1.82, 2.24) is 0 Å². The third-order valence-electron chi connectivity index (χ3n) is 4.28. The van der Waals surface area contributed by atoms with E-state index in [4.69, 9.17) is 0 Å². The van der Waals surface area contributed by atoms with Crippen molar-refractivity contribution in [2.45, 2.75) is 39.0 Å². The van der Waals surface area contributed by atoms with Gasteiger partial charge in [0.05, 0.1) is 5.56 Å². The maximum absolute atomic E-state index is 12.5. The van der Waals surface area contributed by atoms with Gasteiger partial charge in [-0.05, 0) is 35.6 Å². The van der Waals surface area contributed by atoms with Crippen LogP contribution in [0.2, 0.25) is 0 Å². The van der Waals surface area contributed by atoms with Gasteiger partial charge in [-0.15, -0.1) is 11.3 Å². The van der Waals surface area contributed by atoms with E-state index in [2.05, 4.69) is 25.2 Å². The first-order chi connectivity index (χ1) is 11.5. The first-order valence-electron chi connectivity index (χ1n) is 7.97. The van der Waals surface area contributed by atoms with E-state index in [9.17, 15) is 14.9 Å². The smallest absolute Gasteiger partial charge is 0.256 e. The number of hydrogen-bond donors (Lipinski definition) is 1. The summed E-state index contributed by atoms with van der Waals surface area (Å²) >= 11 is 1.35. The van der Waals surface area contributed by atoms with Crippen LogP contribution in [0.3, 0.4) is 0 Å². The number of carbonyl (C=O) groups is 2. The van der Waals surface area contributed by atoms with Gasteiger partial charge in [-0.2, -0.15) is 5.26 Å². The molecule has 1 aromatic carbocycles. The molecule has 0 fully saturated rings. The molecule has 0 aliphatic heterocycles. The zero-order chi connectivity index (χ0) is 17.3. The van der Waals surface area contributed by atoms with Gasteiger partial charge in [0.25, 0.3) is 5.91 Å². The van der Waals surface area contributed by atoms with Crippen LogP contribution >= 0.6 is 11.3 Å². The molecule has 24 heavy (non-hydrogen) atoms. The fraction of sp³-hybridized carbons (Fsp3) is 0.316. The molecule has 0 spiro atoms. The summed E-state index contributed by atoms with van der Waals surface area (Å²) < 4.78 is 0. The van der Waals surface area contributed by atoms with Crippen molar-refractivity contribution in [3.8, 4) is 6.07 Å². The summed E-state index contributed by atoms with van der Waals surface area (Å²) in [6, 6.07) is 9.68. The number of fused-ring (bicyclic) bond motifs is 1. The van der Waals surface area contributed by atoms with Gasteiger partial charge in [-0.25, -0.2) is 0 Å². The molecule has 1 aliphatic rings. The van der Waals surface area contributed by atoms with Crippen LogP contribution in [0.25, 0.3) is 0 Å². The molecule has 0 bridgehead atoms. The van der Waals surface area contributed by atoms with Gasteiger partial charge in [0.2, 0.25) is 0 Å². The minimum absolute atomic E-state index is 0.190. The van der Waals surface area contributed by atoms with Gasteiger partial charge in [-0.1, -0.05) is 26.0 Å². The molecule has 1 amide bonds. The monoisotopic (exact) mass is 338 g/mol. The lowest BCUT2D eigenvalue weighted by molar-refractivity contribution is -0.118. The molecule has 0 saturated carbocycles. The summed E-state index contributed by atoms with van der Waals surface area (Å²) in [7, 11) is 0. The van der Waals surface area contributed by atoms with Crippen molar-refractivity contribution in [1.29, 1.82) is 5.26 Å². The number of benzene rings is 1. The third-order valence-corrected chi connectivity index (χ3v) is 5.43. The number of anilines is 1. The normalized spacial score (nSPS) is 13.5. The Morgan fingerprint density at radius 2 is 1.96 bits per heavy atom. The summed E-state index contributed by atoms with van der Waals surface area (Å²) in [4.78, 5) is 25.0. The zero-order valence-corrected chi connectivity index (χ0v) is 14.5. The van der Waals surface area contributed by atoms with E-state index in [1.165, 1.54) is 16.9 Å². The lowest BCUT2D eigenvalue weighted by Crippen LogP contribution is -2.12. The average Bonchev–Trinajstić information content (AvgIpc) is 2.90. The SMILES string of the molecule is CC(C)c1ccc(C(=O)Nc2sc3c(c2C#N)CCC(=O)C3)cc1. The fourth-order valence-electron chi connectivity index (χ4n) is 2.85. The van der Waals surface area contributed by atoms with E-state index in [1.54, 1.807) is 12.1 Å². The highest BCUT2D eigenvalue weighted by Crippen LogP contribution is 2.37. The second-order valence-electron chi connectivity index (χ2n) is 6.27. The average molecular weight is 338 g/mol. The highest BCUT2D eigenvalue weighted by molar-refractivity contribution is 7.16. The van der Waals surface area contributed by atoms with Crippen LogP contribution in [0, 0.1) is 11.3 Å². The van der Waals surface area contributed by atoms with Gasteiger partial charge in [-0.3, -0.25) is 9.59 Å². The zero-order valence-electron chi connectivity index (χ0n) is 13.7.